The molecule has 0 bridgehead atoms. The van der Waals surface area contributed by atoms with Crippen LogP contribution in [0.3, 0.4) is 0 Å². The molecule has 0 radical (unpaired) electrons. The van der Waals surface area contributed by atoms with Crippen molar-refractivity contribution in [3.8, 4) is 0 Å². The van der Waals surface area contributed by atoms with E-state index < -0.39 is 13.8 Å². The van der Waals surface area contributed by atoms with Crippen LogP contribution in [0.5, 0.6) is 0 Å². The molecule has 13 heavy (non-hydrogen) atoms. The molecule has 0 spiro atoms. The second-order valence-corrected chi connectivity index (χ2v) is 5.91. The first-order valence-corrected chi connectivity index (χ1v) is 6.72. The molecule has 0 saturated carbocycles. The van der Waals surface area contributed by atoms with Crippen molar-refractivity contribution < 1.29 is 8.63 Å². The summed E-state index contributed by atoms with van der Waals surface area (Å²) in [5, 5.41) is 3.05. The zero-order chi connectivity index (χ0) is 9.42. The monoisotopic (exact) mass is 243 g/mol. The topological polar surface area (TPSA) is 46.2 Å². The van der Waals surface area contributed by atoms with Crippen LogP contribution in [0.15, 0.2) is 18.2 Å². The first kappa shape index (κ1) is 8.60. The van der Waals surface area contributed by atoms with E-state index >= 15 is 0 Å². The van der Waals surface area contributed by atoms with Gasteiger partial charge in [0.1, 0.15) is 0 Å². The first-order chi connectivity index (χ1) is 6.18. The van der Waals surface area contributed by atoms with Gasteiger partial charge in [-0.05, 0) is 0 Å². The summed E-state index contributed by atoms with van der Waals surface area (Å²) in [6.07, 6.45) is 0. The fraction of sp³-hybridized carbons (Fsp3) is 0.222. The Morgan fingerprint density at radius 3 is 3.00 bits per heavy atom. The van der Waals surface area contributed by atoms with Gasteiger partial charge in [-0.3, -0.25) is 0 Å². The van der Waals surface area contributed by atoms with Crippen molar-refractivity contribution in [3.05, 3.63) is 23.8 Å². The quantitative estimate of drug-likeness (QED) is 0.575. The normalized spacial score (nSPS) is 19.3. The second kappa shape index (κ2) is 3.05. The number of carbonyl (C=O) groups excluding carboxylic acids is 1. The number of ketones is 1. The summed E-state index contributed by atoms with van der Waals surface area (Å²) in [4.78, 5) is 11.0. The van der Waals surface area contributed by atoms with Gasteiger partial charge in [0.25, 0.3) is 0 Å². The van der Waals surface area contributed by atoms with Crippen LogP contribution in [-0.2, 0) is 3.83 Å². The van der Waals surface area contributed by atoms with E-state index in [1.807, 2.05) is 6.07 Å². The van der Waals surface area contributed by atoms with Gasteiger partial charge in [0, 0.05) is 0 Å². The molecule has 0 aliphatic carbocycles. The van der Waals surface area contributed by atoms with Crippen LogP contribution in [0.1, 0.15) is 17.3 Å². The summed E-state index contributed by atoms with van der Waals surface area (Å²) in [6, 6.07) is 5.33. The second-order valence-electron chi connectivity index (χ2n) is 2.93. The third-order valence-corrected chi connectivity index (χ3v) is 4.62. The van der Waals surface area contributed by atoms with Crippen LogP contribution >= 0.6 is 0 Å². The SMILES string of the molecule is CC(=O)c1ccc2c(c1)[Se](=O)CN2. The van der Waals surface area contributed by atoms with E-state index in [2.05, 4.69) is 5.32 Å². The standard InChI is InChI=1S/C9H9NO2Se/c1-6(11)7-2-3-8-9(4-7)13(12)5-10-8/h2-4,10H,5H2,1H3. The van der Waals surface area contributed by atoms with Crippen LogP contribution in [0, 0.1) is 0 Å². The molecular formula is C9H9NO2Se. The van der Waals surface area contributed by atoms with Crippen molar-refractivity contribution in [2.75, 3.05) is 10.8 Å². The Morgan fingerprint density at radius 2 is 2.31 bits per heavy atom. The minimum absolute atomic E-state index is 0.0218. The van der Waals surface area contributed by atoms with Crippen molar-refractivity contribution in [3.63, 3.8) is 0 Å². The van der Waals surface area contributed by atoms with Crippen LogP contribution in [-0.4, -0.2) is 25.1 Å². The van der Waals surface area contributed by atoms with Gasteiger partial charge in [0.2, 0.25) is 0 Å². The minimum atomic E-state index is -1.90. The Bertz CT molecular complexity index is 401. The third-order valence-electron chi connectivity index (χ3n) is 2.03. The summed E-state index contributed by atoms with van der Waals surface area (Å²) in [5.41, 5.74) is 2.12. The van der Waals surface area contributed by atoms with Crippen molar-refractivity contribution >= 4 is 29.8 Å². The molecule has 68 valence electrons. The van der Waals surface area contributed by atoms with Crippen LogP contribution < -0.4 is 9.78 Å². The molecule has 1 aromatic rings. The predicted octanol–water partition coefficient (Wildman–Crippen LogP) is 0.483. The van der Waals surface area contributed by atoms with Crippen molar-refractivity contribution in [2.24, 2.45) is 0 Å². The fourth-order valence-electron chi connectivity index (χ4n) is 1.30. The number of benzene rings is 1. The molecule has 0 amide bonds. The molecule has 0 saturated heterocycles. The predicted molar refractivity (Wildman–Crippen MR) is 51.0 cm³/mol. The third kappa shape index (κ3) is 1.43. The van der Waals surface area contributed by atoms with Crippen molar-refractivity contribution in [1.82, 2.24) is 0 Å². The summed E-state index contributed by atoms with van der Waals surface area (Å²) >= 11 is -1.90. The zero-order valence-corrected chi connectivity index (χ0v) is 8.88. The van der Waals surface area contributed by atoms with E-state index in [1.165, 1.54) is 6.92 Å². The molecule has 0 fully saturated rings. The van der Waals surface area contributed by atoms with E-state index in [0.29, 0.717) is 11.0 Å². The van der Waals surface area contributed by atoms with Gasteiger partial charge in [0.15, 0.2) is 0 Å². The number of fused-ring (bicyclic) bond motifs is 1. The van der Waals surface area contributed by atoms with E-state index in [0.717, 1.165) is 10.1 Å². The van der Waals surface area contributed by atoms with Gasteiger partial charge in [0.05, 0.1) is 0 Å². The summed E-state index contributed by atoms with van der Waals surface area (Å²) in [6.45, 7) is 1.52. The average molecular weight is 242 g/mol. The number of carbonyl (C=O) groups is 1. The fourth-order valence-corrected chi connectivity index (χ4v) is 3.58. The van der Waals surface area contributed by atoms with Crippen molar-refractivity contribution in [2.45, 2.75) is 6.92 Å². The van der Waals surface area contributed by atoms with Crippen LogP contribution in [0.2, 0.25) is 0 Å². The zero-order valence-electron chi connectivity index (χ0n) is 7.16. The Balaban J connectivity index is 2.54. The first-order valence-electron chi connectivity index (χ1n) is 3.96. The Morgan fingerprint density at radius 1 is 1.54 bits per heavy atom. The molecule has 2 rings (SSSR count). The van der Waals surface area contributed by atoms with Gasteiger partial charge in [-0.2, -0.15) is 0 Å². The van der Waals surface area contributed by atoms with E-state index in [4.69, 9.17) is 0 Å². The molecule has 1 heterocycles. The van der Waals surface area contributed by atoms with Gasteiger partial charge < -0.3 is 0 Å². The number of rotatable bonds is 1. The molecule has 1 atom stereocenters. The number of hydrogen-bond acceptors (Lipinski definition) is 3. The molecule has 1 aliphatic rings. The van der Waals surface area contributed by atoms with Crippen LogP contribution in [0.4, 0.5) is 5.69 Å². The number of hydrogen-bond donors (Lipinski definition) is 1. The van der Waals surface area contributed by atoms with Gasteiger partial charge in [-0.15, -0.1) is 0 Å². The Hall–Kier alpha value is -0.991. The van der Waals surface area contributed by atoms with Crippen LogP contribution in [0.25, 0.3) is 0 Å². The van der Waals surface area contributed by atoms with E-state index in [9.17, 15) is 8.63 Å². The number of nitrogens with one attached hydrogen (secondary N) is 1. The molecular weight excluding hydrogens is 233 g/mol. The summed E-state index contributed by atoms with van der Waals surface area (Å²) in [5.74, 6) is 0.0218. The van der Waals surface area contributed by atoms with Gasteiger partial charge in [-0.25, -0.2) is 0 Å². The summed E-state index contributed by atoms with van der Waals surface area (Å²) < 4.78 is 12.3. The maximum absolute atomic E-state index is 11.5. The number of Topliss-reactive ketones (excluding diaryl/α,β-unsaturated/α-hetero) is 1. The van der Waals surface area contributed by atoms with Crippen molar-refractivity contribution in [1.29, 1.82) is 0 Å². The molecule has 3 nitrogen and oxygen atoms in total. The maximum atomic E-state index is 11.5. The molecule has 4 heteroatoms. The molecule has 1 N–H and O–H groups in total. The Labute approximate surface area is 80.2 Å². The molecule has 1 unspecified atom stereocenters. The van der Waals surface area contributed by atoms with E-state index in [-0.39, 0.29) is 5.78 Å². The molecule has 0 aromatic heterocycles. The molecule has 1 aromatic carbocycles. The Kier molecular flexibility index (Phi) is 2.02. The van der Waals surface area contributed by atoms with Gasteiger partial charge >= 0.3 is 79.8 Å². The average Bonchev–Trinajstić information content (AvgIpc) is 2.47. The summed E-state index contributed by atoms with van der Waals surface area (Å²) in [7, 11) is 0. The molecule has 1 aliphatic heterocycles. The van der Waals surface area contributed by atoms with E-state index in [1.54, 1.807) is 12.1 Å². The van der Waals surface area contributed by atoms with Gasteiger partial charge in [-0.1, -0.05) is 0 Å². The number of anilines is 1.